The van der Waals surface area contributed by atoms with Crippen LogP contribution in [0.15, 0.2) is 74.7 Å². The van der Waals surface area contributed by atoms with Crippen molar-refractivity contribution in [2.75, 3.05) is 18.1 Å². The maximum Gasteiger partial charge on any atom is 0.160 e. The summed E-state index contributed by atoms with van der Waals surface area (Å²) < 4.78 is 0. The molecular formula is C33H50N6. The SMILES string of the molecule is C#Cc1cccc(N(/C(N=C)=C(/C=NCNC(/C=C\C(C)CNC(CCC)CCCC)=C/C)N=C)C(C)C)c1. The van der Waals surface area contributed by atoms with Gasteiger partial charge in [-0.3, -0.25) is 9.98 Å². The van der Waals surface area contributed by atoms with Crippen LogP contribution in [0.5, 0.6) is 0 Å². The number of terminal acetylenes is 1. The van der Waals surface area contributed by atoms with Crippen molar-refractivity contribution >= 4 is 25.3 Å². The van der Waals surface area contributed by atoms with E-state index in [-0.39, 0.29) is 6.04 Å². The summed E-state index contributed by atoms with van der Waals surface area (Å²) in [5.74, 6) is 3.69. The number of allylic oxidation sites excluding steroid dienone is 3. The molecule has 2 unspecified atom stereocenters. The molecule has 0 saturated carbocycles. The van der Waals surface area contributed by atoms with E-state index in [0.29, 0.717) is 30.1 Å². The molecule has 0 saturated heterocycles. The van der Waals surface area contributed by atoms with E-state index < -0.39 is 0 Å². The van der Waals surface area contributed by atoms with Crippen LogP contribution in [0.1, 0.15) is 79.2 Å². The number of hydrogen-bond acceptors (Lipinski definition) is 6. The van der Waals surface area contributed by atoms with Crippen molar-refractivity contribution in [1.29, 1.82) is 0 Å². The van der Waals surface area contributed by atoms with Gasteiger partial charge in [-0.05, 0) is 77.2 Å². The van der Waals surface area contributed by atoms with Crippen molar-refractivity contribution in [2.24, 2.45) is 20.9 Å². The second kappa shape index (κ2) is 19.6. The van der Waals surface area contributed by atoms with Crippen LogP contribution in [-0.4, -0.2) is 44.9 Å². The lowest BCUT2D eigenvalue weighted by Crippen LogP contribution is -2.32. The van der Waals surface area contributed by atoms with Gasteiger partial charge in [0.2, 0.25) is 0 Å². The van der Waals surface area contributed by atoms with Gasteiger partial charge in [0.15, 0.2) is 5.82 Å². The Morgan fingerprint density at radius 1 is 1.13 bits per heavy atom. The highest BCUT2D eigenvalue weighted by Crippen LogP contribution is 2.26. The van der Waals surface area contributed by atoms with Gasteiger partial charge in [-0.1, -0.05) is 64.2 Å². The number of aliphatic imine (C=N–C) groups is 3. The fourth-order valence-corrected chi connectivity index (χ4v) is 4.22. The van der Waals surface area contributed by atoms with Crippen LogP contribution < -0.4 is 15.5 Å². The summed E-state index contributed by atoms with van der Waals surface area (Å²) in [5, 5.41) is 7.12. The maximum absolute atomic E-state index is 5.61. The lowest BCUT2D eigenvalue weighted by atomic mass is 10.0. The Balaban J connectivity index is 2.86. The Kier molecular flexibility index (Phi) is 16.9. The summed E-state index contributed by atoms with van der Waals surface area (Å²) in [4.78, 5) is 15.0. The summed E-state index contributed by atoms with van der Waals surface area (Å²) in [6.45, 7) is 21.8. The predicted octanol–water partition coefficient (Wildman–Crippen LogP) is 7.12. The van der Waals surface area contributed by atoms with E-state index in [9.17, 15) is 0 Å². The average molecular weight is 531 g/mol. The first-order chi connectivity index (χ1) is 18.8. The molecule has 0 heterocycles. The van der Waals surface area contributed by atoms with Gasteiger partial charge in [-0.15, -0.1) is 6.42 Å². The Morgan fingerprint density at radius 3 is 2.49 bits per heavy atom. The van der Waals surface area contributed by atoms with Gasteiger partial charge in [0.1, 0.15) is 12.4 Å². The zero-order valence-corrected chi connectivity index (χ0v) is 25.1. The molecule has 0 aromatic heterocycles. The summed E-state index contributed by atoms with van der Waals surface area (Å²) in [6.07, 6.45) is 19.9. The number of rotatable bonds is 19. The van der Waals surface area contributed by atoms with Crippen molar-refractivity contribution in [3.63, 3.8) is 0 Å². The van der Waals surface area contributed by atoms with E-state index >= 15 is 0 Å². The van der Waals surface area contributed by atoms with E-state index in [1.165, 1.54) is 32.1 Å². The molecule has 1 aromatic rings. The summed E-state index contributed by atoms with van der Waals surface area (Å²) in [5.41, 5.74) is 3.26. The van der Waals surface area contributed by atoms with Gasteiger partial charge in [0.05, 0.1) is 6.21 Å². The number of unbranched alkanes of at least 4 members (excludes halogenated alkanes) is 1. The van der Waals surface area contributed by atoms with Gasteiger partial charge in [0.25, 0.3) is 0 Å². The third kappa shape index (κ3) is 12.3. The van der Waals surface area contributed by atoms with Crippen LogP contribution in [0.25, 0.3) is 0 Å². The minimum atomic E-state index is 0.0851. The summed E-state index contributed by atoms with van der Waals surface area (Å²) in [7, 11) is 0. The molecule has 0 amide bonds. The van der Waals surface area contributed by atoms with E-state index in [4.69, 9.17) is 6.42 Å². The second-order valence-corrected chi connectivity index (χ2v) is 9.95. The molecule has 6 heteroatoms. The van der Waals surface area contributed by atoms with Crippen LogP contribution in [0.4, 0.5) is 5.69 Å². The Bertz CT molecular complexity index is 1040. The first-order valence-electron chi connectivity index (χ1n) is 14.2. The fourth-order valence-electron chi connectivity index (χ4n) is 4.22. The van der Waals surface area contributed by atoms with E-state index in [1.807, 2.05) is 42.2 Å². The van der Waals surface area contributed by atoms with E-state index in [0.717, 1.165) is 23.5 Å². The monoisotopic (exact) mass is 530 g/mol. The van der Waals surface area contributed by atoms with Crippen molar-refractivity contribution in [1.82, 2.24) is 10.6 Å². The minimum Gasteiger partial charge on any atom is -0.367 e. The smallest absolute Gasteiger partial charge is 0.160 e. The Morgan fingerprint density at radius 2 is 1.90 bits per heavy atom. The Hall–Kier alpha value is -3.43. The molecule has 0 spiro atoms. The van der Waals surface area contributed by atoms with Crippen LogP contribution >= 0.6 is 0 Å². The van der Waals surface area contributed by atoms with Gasteiger partial charge in [0, 0.05) is 35.6 Å². The zero-order valence-electron chi connectivity index (χ0n) is 25.1. The molecule has 2 atom stereocenters. The molecule has 0 fully saturated rings. The average Bonchev–Trinajstić information content (AvgIpc) is 2.94. The van der Waals surface area contributed by atoms with Crippen LogP contribution in [0, 0.1) is 18.3 Å². The molecule has 0 aliphatic heterocycles. The molecule has 1 aromatic carbocycles. The number of anilines is 1. The molecule has 0 radical (unpaired) electrons. The normalized spacial score (nSPS) is 14.3. The first-order valence-corrected chi connectivity index (χ1v) is 14.2. The van der Waals surface area contributed by atoms with Crippen LogP contribution in [0.3, 0.4) is 0 Å². The van der Waals surface area contributed by atoms with Crippen molar-refractivity contribution < 1.29 is 0 Å². The molecule has 0 aliphatic rings. The molecule has 1 rings (SSSR count). The van der Waals surface area contributed by atoms with Gasteiger partial charge in [-0.25, -0.2) is 4.99 Å². The topological polar surface area (TPSA) is 64.4 Å². The number of nitrogens with zero attached hydrogens (tertiary/aromatic N) is 4. The molecular weight excluding hydrogens is 480 g/mol. The van der Waals surface area contributed by atoms with Crippen LogP contribution in [0.2, 0.25) is 0 Å². The van der Waals surface area contributed by atoms with Crippen LogP contribution in [-0.2, 0) is 0 Å². The minimum absolute atomic E-state index is 0.0851. The molecule has 212 valence electrons. The molecule has 39 heavy (non-hydrogen) atoms. The third-order valence-corrected chi connectivity index (χ3v) is 6.36. The number of benzene rings is 1. The summed E-state index contributed by atoms with van der Waals surface area (Å²) >= 11 is 0. The highest BCUT2D eigenvalue weighted by molar-refractivity contribution is 5.82. The second-order valence-electron chi connectivity index (χ2n) is 9.95. The quantitative estimate of drug-likeness (QED) is 0.114. The highest BCUT2D eigenvalue weighted by atomic mass is 15.2. The molecule has 0 bridgehead atoms. The number of hydrogen-bond donors (Lipinski definition) is 2. The predicted molar refractivity (Wildman–Crippen MR) is 173 cm³/mol. The summed E-state index contributed by atoms with van der Waals surface area (Å²) in [6, 6.07) is 8.46. The van der Waals surface area contributed by atoms with Gasteiger partial charge in [-0.2, -0.15) is 0 Å². The standard InChI is InChI=1S/C33H50N6/c1-10-14-18-30(16-11-2)37-23-27(7)20-21-29(13-4)38-25-36-24-32(34-8)33(35-9)39(26(5)6)31-19-15-17-28(12-3)22-31/h3,13,15,17,19-22,24,26-27,30,37-38H,8-11,14,16,18,23,25H2,1-2,4-7H3/b21-20-,29-13+,33-32-,36-24?. The largest absolute Gasteiger partial charge is 0.367 e. The van der Waals surface area contributed by atoms with Crippen molar-refractivity contribution in [3.8, 4) is 12.3 Å². The number of nitrogens with one attached hydrogen (secondary N) is 2. The highest BCUT2D eigenvalue weighted by Gasteiger charge is 2.18. The van der Waals surface area contributed by atoms with Crippen molar-refractivity contribution in [2.45, 2.75) is 85.7 Å². The first kappa shape index (κ1) is 33.6. The maximum atomic E-state index is 5.61. The van der Waals surface area contributed by atoms with E-state index in [2.05, 4.69) is 91.7 Å². The zero-order chi connectivity index (χ0) is 29.0. The lowest BCUT2D eigenvalue weighted by molar-refractivity contribution is 0.418. The van der Waals surface area contributed by atoms with E-state index in [1.54, 1.807) is 6.21 Å². The van der Waals surface area contributed by atoms with Gasteiger partial charge < -0.3 is 15.5 Å². The Labute approximate surface area is 238 Å². The molecule has 6 nitrogen and oxygen atoms in total. The third-order valence-electron chi connectivity index (χ3n) is 6.36. The fraction of sp³-hybridized carbons (Fsp3) is 0.485. The molecule has 0 aliphatic carbocycles. The van der Waals surface area contributed by atoms with Crippen molar-refractivity contribution in [3.05, 3.63) is 65.3 Å². The van der Waals surface area contributed by atoms with Gasteiger partial charge >= 0.3 is 0 Å². The lowest BCUT2D eigenvalue weighted by Gasteiger charge is -2.29. The molecule has 2 N–H and O–H groups in total.